The van der Waals surface area contributed by atoms with Gasteiger partial charge in [-0.15, -0.1) is 0 Å². The molecule has 0 bridgehead atoms. The second-order valence-corrected chi connectivity index (χ2v) is 7.69. The molecule has 0 radical (unpaired) electrons. The molecule has 2 heteroatoms. The summed E-state index contributed by atoms with van der Waals surface area (Å²) in [5, 5.41) is -0.161. The Morgan fingerprint density at radius 1 is 1.00 bits per heavy atom. The average Bonchev–Trinajstić information content (AvgIpc) is 2.48. The summed E-state index contributed by atoms with van der Waals surface area (Å²) in [5.41, 5.74) is 0. The van der Waals surface area contributed by atoms with Gasteiger partial charge in [0.05, 0.1) is 0 Å². The number of carbonyl (C=O) groups excluding carboxylic acids is 1. The summed E-state index contributed by atoms with van der Waals surface area (Å²) in [6.45, 7) is 1.95. The summed E-state index contributed by atoms with van der Waals surface area (Å²) in [7, 11) is 0. The number of halogens is 1. The Hall–Kier alpha value is -0.0400. The van der Waals surface area contributed by atoms with Crippen molar-refractivity contribution in [3.63, 3.8) is 0 Å². The molecule has 2 rings (SSSR count). The van der Waals surface area contributed by atoms with Gasteiger partial charge in [-0.05, 0) is 48.6 Å². The van der Waals surface area contributed by atoms with Crippen LogP contribution in [0.1, 0.15) is 84.0 Å². The fourth-order valence-electron chi connectivity index (χ4n) is 4.38. The van der Waals surface area contributed by atoms with Gasteiger partial charge in [0.1, 0.15) is 0 Å². The molecule has 0 N–H and O–H groups in total. The van der Waals surface area contributed by atoms with E-state index in [0.717, 1.165) is 24.2 Å². The van der Waals surface area contributed by atoms with Crippen LogP contribution in [0.3, 0.4) is 0 Å². The van der Waals surface area contributed by atoms with E-state index in [1.54, 1.807) is 0 Å². The van der Waals surface area contributed by atoms with Crippen molar-refractivity contribution in [1.82, 2.24) is 0 Å². The van der Waals surface area contributed by atoms with Gasteiger partial charge in [0.15, 0.2) is 0 Å². The summed E-state index contributed by atoms with van der Waals surface area (Å²) in [5.74, 6) is 3.07. The molecule has 0 spiro atoms. The van der Waals surface area contributed by atoms with Gasteiger partial charge in [0.25, 0.3) is 0 Å². The molecule has 2 fully saturated rings. The highest BCUT2D eigenvalue weighted by molar-refractivity contribution is 6.63. The number of hydrogen-bond donors (Lipinski definition) is 0. The Bertz CT molecular complexity index is 288. The van der Waals surface area contributed by atoms with Crippen LogP contribution in [0.4, 0.5) is 0 Å². The molecule has 0 aromatic carbocycles. The van der Waals surface area contributed by atoms with Gasteiger partial charge in [0, 0.05) is 5.92 Å². The maximum absolute atomic E-state index is 11.0. The zero-order valence-corrected chi connectivity index (χ0v) is 13.8. The van der Waals surface area contributed by atoms with E-state index in [1.807, 2.05) is 6.92 Å². The molecule has 2 aliphatic carbocycles. The van der Waals surface area contributed by atoms with E-state index in [0.29, 0.717) is 0 Å². The third-order valence-corrected chi connectivity index (χ3v) is 6.22. The smallest absolute Gasteiger partial charge is 0.224 e. The van der Waals surface area contributed by atoms with Crippen molar-refractivity contribution < 1.29 is 4.79 Å². The van der Waals surface area contributed by atoms with Crippen LogP contribution in [0.5, 0.6) is 0 Å². The van der Waals surface area contributed by atoms with Crippen molar-refractivity contribution >= 4 is 16.8 Å². The fourth-order valence-corrected chi connectivity index (χ4v) is 4.49. The second kappa shape index (κ2) is 8.41. The lowest BCUT2D eigenvalue weighted by Gasteiger charge is -2.36. The van der Waals surface area contributed by atoms with Crippen molar-refractivity contribution in [1.29, 1.82) is 0 Å². The highest BCUT2D eigenvalue weighted by Crippen LogP contribution is 2.41. The van der Waals surface area contributed by atoms with Crippen molar-refractivity contribution in [2.45, 2.75) is 84.0 Å². The largest absolute Gasteiger partial charge is 0.281 e. The van der Waals surface area contributed by atoms with Gasteiger partial charge in [-0.3, -0.25) is 4.79 Å². The average molecular weight is 299 g/mol. The first-order valence-corrected chi connectivity index (χ1v) is 9.24. The normalized spacial score (nSPS) is 30.1. The Kier molecular flexibility index (Phi) is 6.87. The maximum atomic E-state index is 11.0. The van der Waals surface area contributed by atoms with Crippen LogP contribution in [0.25, 0.3) is 0 Å². The third-order valence-electron chi connectivity index (χ3n) is 5.84. The Morgan fingerprint density at radius 3 is 2.20 bits per heavy atom. The molecule has 1 unspecified atom stereocenters. The standard InChI is InChI=1S/C18H31ClO/c1-14(18(19)20)6-5-7-15-10-12-17(13-11-15)16-8-3-2-4-9-16/h14-17H,2-13H2,1H3. The lowest BCUT2D eigenvalue weighted by molar-refractivity contribution is -0.114. The number of carbonyl (C=O) groups is 1. The van der Waals surface area contributed by atoms with E-state index in [-0.39, 0.29) is 11.2 Å². The van der Waals surface area contributed by atoms with E-state index in [2.05, 4.69) is 0 Å². The van der Waals surface area contributed by atoms with Gasteiger partial charge in [-0.1, -0.05) is 64.7 Å². The van der Waals surface area contributed by atoms with E-state index in [1.165, 1.54) is 70.6 Å². The van der Waals surface area contributed by atoms with E-state index < -0.39 is 0 Å². The Labute approximate surface area is 129 Å². The molecule has 2 aliphatic rings. The molecule has 1 atom stereocenters. The summed E-state index contributed by atoms with van der Waals surface area (Å²) in [6.07, 6.45) is 16.7. The summed E-state index contributed by atoms with van der Waals surface area (Å²) >= 11 is 5.52. The lowest BCUT2D eigenvalue weighted by atomic mass is 9.70. The first-order chi connectivity index (χ1) is 9.66. The fraction of sp³-hybridized carbons (Fsp3) is 0.944. The van der Waals surface area contributed by atoms with Crippen LogP contribution < -0.4 is 0 Å². The second-order valence-electron chi connectivity index (χ2n) is 7.31. The summed E-state index contributed by atoms with van der Waals surface area (Å²) in [4.78, 5) is 11.0. The topological polar surface area (TPSA) is 17.1 Å². The van der Waals surface area contributed by atoms with E-state index >= 15 is 0 Å². The van der Waals surface area contributed by atoms with Crippen molar-refractivity contribution in [3.8, 4) is 0 Å². The van der Waals surface area contributed by atoms with Crippen LogP contribution in [-0.2, 0) is 4.79 Å². The zero-order chi connectivity index (χ0) is 14.4. The first-order valence-electron chi connectivity index (χ1n) is 8.86. The minimum Gasteiger partial charge on any atom is -0.281 e. The molecule has 0 heterocycles. The third kappa shape index (κ3) is 5.06. The molecule has 20 heavy (non-hydrogen) atoms. The van der Waals surface area contributed by atoms with Crippen molar-refractivity contribution in [2.75, 3.05) is 0 Å². The molecular formula is C18H31ClO. The highest BCUT2D eigenvalue weighted by atomic mass is 35.5. The number of rotatable bonds is 6. The molecule has 0 amide bonds. The van der Waals surface area contributed by atoms with Gasteiger partial charge in [-0.2, -0.15) is 0 Å². The van der Waals surface area contributed by atoms with Gasteiger partial charge in [-0.25, -0.2) is 0 Å². The van der Waals surface area contributed by atoms with Gasteiger partial charge < -0.3 is 0 Å². The number of hydrogen-bond acceptors (Lipinski definition) is 1. The highest BCUT2D eigenvalue weighted by Gasteiger charge is 2.28. The van der Waals surface area contributed by atoms with Crippen LogP contribution in [-0.4, -0.2) is 5.24 Å². The quantitative estimate of drug-likeness (QED) is 0.554. The first kappa shape index (κ1) is 16.3. The minimum absolute atomic E-state index is 0.0512. The molecule has 0 saturated heterocycles. The van der Waals surface area contributed by atoms with Crippen molar-refractivity contribution in [3.05, 3.63) is 0 Å². The molecule has 2 saturated carbocycles. The van der Waals surface area contributed by atoms with Crippen LogP contribution in [0.15, 0.2) is 0 Å². The molecule has 0 aromatic rings. The zero-order valence-electron chi connectivity index (χ0n) is 13.1. The molecular weight excluding hydrogens is 268 g/mol. The van der Waals surface area contributed by atoms with Crippen molar-refractivity contribution in [2.24, 2.45) is 23.7 Å². The lowest BCUT2D eigenvalue weighted by Crippen LogP contribution is -2.23. The Balaban J connectivity index is 1.60. The predicted octanol–water partition coefficient (Wildman–Crippen LogP) is 5.94. The van der Waals surface area contributed by atoms with Gasteiger partial charge >= 0.3 is 0 Å². The maximum Gasteiger partial charge on any atom is 0.224 e. The van der Waals surface area contributed by atoms with Crippen LogP contribution >= 0.6 is 11.6 Å². The predicted molar refractivity (Wildman–Crippen MR) is 85.9 cm³/mol. The molecule has 0 aromatic heterocycles. The monoisotopic (exact) mass is 298 g/mol. The molecule has 0 aliphatic heterocycles. The van der Waals surface area contributed by atoms with Gasteiger partial charge in [0.2, 0.25) is 5.24 Å². The SMILES string of the molecule is CC(CCCC1CCC(C2CCCCC2)CC1)C(=O)Cl. The Morgan fingerprint density at radius 2 is 1.60 bits per heavy atom. The molecule has 116 valence electrons. The van der Waals surface area contributed by atoms with Crippen LogP contribution in [0.2, 0.25) is 0 Å². The van der Waals surface area contributed by atoms with Crippen LogP contribution in [0, 0.1) is 23.7 Å². The summed E-state index contributed by atoms with van der Waals surface area (Å²) < 4.78 is 0. The summed E-state index contributed by atoms with van der Waals surface area (Å²) in [6, 6.07) is 0. The minimum atomic E-state index is -0.161. The van der Waals surface area contributed by atoms with E-state index in [4.69, 9.17) is 11.6 Å². The molecule has 1 nitrogen and oxygen atoms in total. The van der Waals surface area contributed by atoms with E-state index in [9.17, 15) is 4.79 Å².